The average Bonchev–Trinajstić information content (AvgIpc) is 2.90. The van der Waals surface area contributed by atoms with Crippen molar-refractivity contribution in [1.29, 1.82) is 0 Å². The predicted molar refractivity (Wildman–Crippen MR) is 54.9 cm³/mol. The molecule has 0 atom stereocenters. The highest BCUT2D eigenvalue weighted by Gasteiger charge is 2.49. The van der Waals surface area contributed by atoms with Crippen LogP contribution in [0.25, 0.3) is 0 Å². The number of hydrogen-bond donors (Lipinski definition) is 1. The van der Waals surface area contributed by atoms with Crippen LogP contribution in [0.1, 0.15) is 18.4 Å². The van der Waals surface area contributed by atoms with Crippen molar-refractivity contribution in [2.24, 2.45) is 5.41 Å². The van der Waals surface area contributed by atoms with Crippen LogP contribution in [0.4, 0.5) is 0 Å². The van der Waals surface area contributed by atoms with Crippen molar-refractivity contribution in [3.8, 4) is 0 Å². The summed E-state index contributed by atoms with van der Waals surface area (Å²) < 4.78 is 0.779. The van der Waals surface area contributed by atoms with Crippen molar-refractivity contribution in [2.45, 2.75) is 19.3 Å². The number of halogens is 1. The molecule has 3 nitrogen and oxygen atoms in total. The van der Waals surface area contributed by atoms with Crippen LogP contribution >= 0.6 is 15.9 Å². The van der Waals surface area contributed by atoms with Gasteiger partial charge in [-0.15, -0.1) is 0 Å². The number of aliphatic carboxylic acids is 1. The molecule has 1 aromatic rings. The average molecular weight is 256 g/mol. The summed E-state index contributed by atoms with van der Waals surface area (Å²) in [6.45, 7) is 0. The Morgan fingerprint density at radius 2 is 2.29 bits per heavy atom. The highest BCUT2D eigenvalue weighted by atomic mass is 79.9. The van der Waals surface area contributed by atoms with Crippen molar-refractivity contribution in [2.75, 3.05) is 0 Å². The molecule has 0 spiro atoms. The van der Waals surface area contributed by atoms with E-state index < -0.39 is 11.4 Å². The Kier molecular flexibility index (Phi) is 2.31. The molecule has 4 heteroatoms. The number of carboxylic acids is 1. The third kappa shape index (κ3) is 1.80. The van der Waals surface area contributed by atoms with E-state index >= 15 is 0 Å². The maximum Gasteiger partial charge on any atom is 0.309 e. The van der Waals surface area contributed by atoms with Gasteiger partial charge in [0.15, 0.2) is 0 Å². The van der Waals surface area contributed by atoms with Gasteiger partial charge in [-0.3, -0.25) is 4.79 Å². The molecule has 0 aliphatic heterocycles. The molecule has 0 amide bonds. The largest absolute Gasteiger partial charge is 0.481 e. The van der Waals surface area contributed by atoms with E-state index in [2.05, 4.69) is 20.9 Å². The van der Waals surface area contributed by atoms with Crippen LogP contribution in [0.15, 0.2) is 22.9 Å². The molecular formula is C10H10BrNO2. The van der Waals surface area contributed by atoms with Gasteiger partial charge in [-0.05, 0) is 46.8 Å². The maximum absolute atomic E-state index is 10.9. The van der Waals surface area contributed by atoms with E-state index in [1.807, 2.05) is 12.1 Å². The quantitative estimate of drug-likeness (QED) is 0.844. The van der Waals surface area contributed by atoms with Gasteiger partial charge in [0.25, 0.3) is 0 Å². The van der Waals surface area contributed by atoms with Crippen molar-refractivity contribution >= 4 is 21.9 Å². The second-order valence-electron chi connectivity index (χ2n) is 3.75. The van der Waals surface area contributed by atoms with E-state index in [0.717, 1.165) is 23.0 Å². The number of hydrogen-bond acceptors (Lipinski definition) is 2. The molecular weight excluding hydrogens is 246 g/mol. The molecule has 1 aliphatic carbocycles. The van der Waals surface area contributed by atoms with Crippen LogP contribution in [0.3, 0.4) is 0 Å². The number of aromatic nitrogens is 1. The maximum atomic E-state index is 10.9. The second-order valence-corrected chi connectivity index (χ2v) is 4.56. The lowest BCUT2D eigenvalue weighted by Crippen LogP contribution is -2.17. The Morgan fingerprint density at radius 3 is 2.71 bits per heavy atom. The summed E-state index contributed by atoms with van der Waals surface area (Å²) in [4.78, 5) is 15.0. The molecule has 0 radical (unpaired) electrons. The Hall–Kier alpha value is -0.900. The summed E-state index contributed by atoms with van der Waals surface area (Å²) in [6, 6.07) is 3.76. The summed E-state index contributed by atoms with van der Waals surface area (Å²) >= 11 is 3.24. The Labute approximate surface area is 90.3 Å². The van der Waals surface area contributed by atoms with Gasteiger partial charge in [-0.25, -0.2) is 4.98 Å². The minimum Gasteiger partial charge on any atom is -0.481 e. The molecule has 0 aromatic carbocycles. The molecule has 2 rings (SSSR count). The fourth-order valence-electron chi connectivity index (χ4n) is 1.52. The van der Waals surface area contributed by atoms with Gasteiger partial charge < -0.3 is 5.11 Å². The van der Waals surface area contributed by atoms with Gasteiger partial charge in [0, 0.05) is 6.20 Å². The van der Waals surface area contributed by atoms with E-state index in [-0.39, 0.29) is 0 Å². The normalized spacial score (nSPS) is 17.8. The standard InChI is InChI=1S/C10H10BrNO2/c11-8-2-1-7(6-12-8)5-10(3-4-10)9(13)14/h1-2,6H,3-5H2,(H,13,14). The van der Waals surface area contributed by atoms with Crippen molar-refractivity contribution in [3.05, 3.63) is 28.5 Å². The number of nitrogens with zero attached hydrogens (tertiary/aromatic N) is 1. The third-order valence-corrected chi connectivity index (χ3v) is 3.11. The second kappa shape index (κ2) is 3.35. The predicted octanol–water partition coefficient (Wildman–Crippen LogP) is 2.25. The zero-order chi connectivity index (χ0) is 10.2. The van der Waals surface area contributed by atoms with Gasteiger partial charge >= 0.3 is 5.97 Å². The highest BCUT2D eigenvalue weighted by Crippen LogP contribution is 2.48. The Morgan fingerprint density at radius 1 is 1.57 bits per heavy atom. The minimum atomic E-state index is -0.680. The van der Waals surface area contributed by atoms with Gasteiger partial charge in [0.2, 0.25) is 0 Å². The fourth-order valence-corrected chi connectivity index (χ4v) is 1.75. The van der Waals surface area contributed by atoms with Crippen molar-refractivity contribution in [3.63, 3.8) is 0 Å². The van der Waals surface area contributed by atoms with Gasteiger partial charge in [0.1, 0.15) is 4.60 Å². The van der Waals surface area contributed by atoms with Crippen molar-refractivity contribution in [1.82, 2.24) is 4.98 Å². The molecule has 1 N–H and O–H groups in total. The summed E-state index contributed by atoms with van der Waals surface area (Å²) in [7, 11) is 0. The van der Waals surface area contributed by atoms with E-state index in [4.69, 9.17) is 5.11 Å². The van der Waals surface area contributed by atoms with Crippen LogP contribution in [-0.4, -0.2) is 16.1 Å². The molecule has 1 aliphatic rings. The summed E-state index contributed by atoms with van der Waals surface area (Å²) in [5.74, 6) is -0.680. The molecule has 14 heavy (non-hydrogen) atoms. The van der Waals surface area contributed by atoms with Crippen LogP contribution in [0.2, 0.25) is 0 Å². The number of pyridine rings is 1. The number of carbonyl (C=O) groups is 1. The highest BCUT2D eigenvalue weighted by molar-refractivity contribution is 9.10. The minimum absolute atomic E-state index is 0.491. The first-order valence-corrected chi connectivity index (χ1v) is 5.26. The molecule has 1 saturated carbocycles. The van der Waals surface area contributed by atoms with E-state index in [1.54, 1.807) is 6.20 Å². The lowest BCUT2D eigenvalue weighted by Gasteiger charge is -2.08. The molecule has 0 bridgehead atoms. The third-order valence-electron chi connectivity index (χ3n) is 2.64. The molecule has 74 valence electrons. The molecule has 0 unspecified atom stereocenters. The zero-order valence-corrected chi connectivity index (χ0v) is 9.12. The molecule has 1 heterocycles. The van der Waals surface area contributed by atoms with Gasteiger partial charge in [-0.1, -0.05) is 6.07 Å². The van der Waals surface area contributed by atoms with Crippen molar-refractivity contribution < 1.29 is 9.90 Å². The Balaban J connectivity index is 2.11. The summed E-state index contributed by atoms with van der Waals surface area (Å²) in [5.41, 5.74) is 0.503. The SMILES string of the molecule is O=C(O)C1(Cc2ccc(Br)nc2)CC1. The number of rotatable bonds is 3. The number of carboxylic acid groups (broad SMARTS) is 1. The smallest absolute Gasteiger partial charge is 0.309 e. The van der Waals surface area contributed by atoms with Gasteiger partial charge in [-0.2, -0.15) is 0 Å². The van der Waals surface area contributed by atoms with Crippen LogP contribution in [0.5, 0.6) is 0 Å². The molecule has 1 aromatic heterocycles. The lowest BCUT2D eigenvalue weighted by atomic mass is 9.98. The van der Waals surface area contributed by atoms with E-state index in [0.29, 0.717) is 6.42 Å². The van der Waals surface area contributed by atoms with E-state index in [1.165, 1.54) is 0 Å². The van der Waals surface area contributed by atoms with Crippen LogP contribution in [-0.2, 0) is 11.2 Å². The van der Waals surface area contributed by atoms with Gasteiger partial charge in [0.05, 0.1) is 5.41 Å². The first-order chi connectivity index (χ1) is 6.62. The molecule has 1 fully saturated rings. The lowest BCUT2D eigenvalue weighted by molar-refractivity contribution is -0.143. The van der Waals surface area contributed by atoms with E-state index in [9.17, 15) is 4.79 Å². The summed E-state index contributed by atoms with van der Waals surface area (Å²) in [6.07, 6.45) is 3.91. The summed E-state index contributed by atoms with van der Waals surface area (Å²) in [5, 5.41) is 8.99. The monoisotopic (exact) mass is 255 g/mol. The molecule has 0 saturated heterocycles. The Bertz CT molecular complexity index is 357. The first kappa shape index (κ1) is 9.65. The zero-order valence-electron chi connectivity index (χ0n) is 7.53. The fraction of sp³-hybridized carbons (Fsp3) is 0.400. The topological polar surface area (TPSA) is 50.2 Å². The first-order valence-electron chi connectivity index (χ1n) is 4.46. The van der Waals surface area contributed by atoms with Crippen LogP contribution < -0.4 is 0 Å². The van der Waals surface area contributed by atoms with Crippen LogP contribution in [0, 0.1) is 5.41 Å².